The topological polar surface area (TPSA) is 105 Å². The maximum atomic E-state index is 12.8. The fourth-order valence-corrected chi connectivity index (χ4v) is 4.96. The molecule has 0 radical (unpaired) electrons. The molecule has 0 aliphatic carbocycles. The first-order valence-electron chi connectivity index (χ1n) is 13.2. The Labute approximate surface area is 261 Å². The van der Waals surface area contributed by atoms with Crippen molar-refractivity contribution in [1.29, 1.82) is 0 Å². The van der Waals surface area contributed by atoms with Gasteiger partial charge in [0, 0.05) is 5.56 Å². The number of ether oxygens (including phenoxy) is 2. The summed E-state index contributed by atoms with van der Waals surface area (Å²) >= 11 is 0. The molecule has 5 aromatic rings. The minimum Gasteiger partial charge on any atom is -0.451 e. The highest BCUT2D eigenvalue weighted by atomic mass is 32.3. The standard InChI is InChI=1S/C32H22F4O8S2/c33-32(34,35)45(37,38)43-29-18-10-24(11-19-29)22-6-14-27(15-7-22)41-31(26-4-2-1-3-5-26)42-28-16-8-23(9-17-28)25-12-20-30(21-13-25)44-46(36,39)40/h1-21,31H. The zero-order chi connectivity index (χ0) is 33.0. The van der Waals surface area contributed by atoms with Gasteiger partial charge in [0.25, 0.3) is 6.29 Å². The predicted molar refractivity (Wildman–Crippen MR) is 160 cm³/mol. The Hall–Kier alpha value is -5.08. The largest absolute Gasteiger partial charge is 0.534 e. The van der Waals surface area contributed by atoms with Gasteiger partial charge in [0.2, 0.25) is 0 Å². The molecule has 5 rings (SSSR count). The van der Waals surface area contributed by atoms with Crippen LogP contribution in [0.3, 0.4) is 0 Å². The van der Waals surface area contributed by atoms with Gasteiger partial charge in [0.15, 0.2) is 0 Å². The summed E-state index contributed by atoms with van der Waals surface area (Å²) < 4.78 is 115. The van der Waals surface area contributed by atoms with Crippen LogP contribution in [0, 0.1) is 0 Å². The van der Waals surface area contributed by atoms with Crippen molar-refractivity contribution in [2.75, 3.05) is 0 Å². The smallest absolute Gasteiger partial charge is 0.451 e. The molecule has 14 heteroatoms. The molecule has 0 saturated carbocycles. The summed E-state index contributed by atoms with van der Waals surface area (Å²) in [6.07, 6.45) is -0.857. The molecule has 0 amide bonds. The van der Waals surface area contributed by atoms with Crippen molar-refractivity contribution in [2.24, 2.45) is 0 Å². The number of hydrogen-bond acceptors (Lipinski definition) is 8. The van der Waals surface area contributed by atoms with Crippen molar-refractivity contribution in [3.63, 3.8) is 0 Å². The first kappa shape index (κ1) is 32.3. The zero-order valence-corrected chi connectivity index (χ0v) is 24.9. The van der Waals surface area contributed by atoms with Gasteiger partial charge in [-0.1, -0.05) is 82.7 Å². The lowest BCUT2D eigenvalue weighted by Crippen LogP contribution is -2.28. The van der Waals surface area contributed by atoms with E-state index in [0.717, 1.165) is 28.8 Å². The van der Waals surface area contributed by atoms with Gasteiger partial charge in [0.05, 0.1) is 0 Å². The lowest BCUT2D eigenvalue weighted by atomic mass is 10.1. The number of benzene rings is 5. The van der Waals surface area contributed by atoms with Crippen molar-refractivity contribution in [3.05, 3.63) is 133 Å². The van der Waals surface area contributed by atoms with Crippen molar-refractivity contribution < 1.29 is 51.7 Å². The summed E-state index contributed by atoms with van der Waals surface area (Å²) in [5, 5.41) is 0. The number of halogens is 4. The second-order valence-electron chi connectivity index (χ2n) is 9.54. The van der Waals surface area contributed by atoms with E-state index in [1.165, 1.54) is 24.3 Å². The molecule has 0 N–H and O–H groups in total. The van der Waals surface area contributed by atoms with E-state index in [0.29, 0.717) is 22.6 Å². The van der Waals surface area contributed by atoms with Crippen molar-refractivity contribution in [2.45, 2.75) is 11.8 Å². The van der Waals surface area contributed by atoms with E-state index >= 15 is 0 Å². The summed E-state index contributed by atoms with van der Waals surface area (Å²) in [4.78, 5) is 0. The number of rotatable bonds is 11. The second-order valence-corrected chi connectivity index (χ2v) is 12.0. The minimum atomic E-state index is -5.77. The third-order valence-corrected chi connectivity index (χ3v) is 7.70. The Kier molecular flexibility index (Phi) is 9.21. The van der Waals surface area contributed by atoms with E-state index in [1.54, 1.807) is 60.7 Å². The predicted octanol–water partition coefficient (Wildman–Crippen LogP) is 8.00. The van der Waals surface area contributed by atoms with Crippen molar-refractivity contribution in [1.82, 2.24) is 0 Å². The molecule has 0 spiro atoms. The normalized spacial score (nSPS) is 12.6. The molecule has 0 fully saturated rings. The molecule has 5 aromatic carbocycles. The molecule has 0 bridgehead atoms. The number of hydrogen-bond donors (Lipinski definition) is 0. The van der Waals surface area contributed by atoms with E-state index in [2.05, 4.69) is 8.37 Å². The second kappa shape index (κ2) is 13.1. The molecule has 1 unspecified atom stereocenters. The monoisotopic (exact) mass is 674 g/mol. The summed E-state index contributed by atoms with van der Waals surface area (Å²) in [7, 11) is -10.9. The van der Waals surface area contributed by atoms with Gasteiger partial charge in [-0.3, -0.25) is 0 Å². The fourth-order valence-electron chi connectivity index (χ4n) is 4.16. The Morgan fingerprint density at radius 3 is 1.17 bits per heavy atom. The molecule has 238 valence electrons. The number of alkyl halides is 3. The van der Waals surface area contributed by atoms with E-state index in [1.807, 2.05) is 30.3 Å². The molecule has 8 nitrogen and oxygen atoms in total. The van der Waals surface area contributed by atoms with Crippen LogP contribution in [0.25, 0.3) is 22.3 Å². The van der Waals surface area contributed by atoms with E-state index < -0.39 is 38.2 Å². The summed E-state index contributed by atoms with van der Waals surface area (Å²) in [6.45, 7) is 0. The van der Waals surface area contributed by atoms with Crippen molar-refractivity contribution in [3.8, 4) is 45.3 Å². The van der Waals surface area contributed by atoms with Gasteiger partial charge in [-0.05, 0) is 70.8 Å². The highest BCUT2D eigenvalue weighted by Gasteiger charge is 2.48. The Morgan fingerprint density at radius 2 is 0.826 bits per heavy atom. The molecular formula is C32H22F4O8S2. The van der Waals surface area contributed by atoms with Crippen LogP contribution in [0.1, 0.15) is 11.9 Å². The first-order valence-corrected chi connectivity index (χ1v) is 15.9. The van der Waals surface area contributed by atoms with Gasteiger partial charge in [-0.15, -0.1) is 0 Å². The lowest BCUT2D eigenvalue weighted by molar-refractivity contribution is -0.0500. The Balaban J connectivity index is 1.28. The van der Waals surface area contributed by atoms with E-state index in [-0.39, 0.29) is 5.75 Å². The molecular weight excluding hydrogens is 652 g/mol. The van der Waals surface area contributed by atoms with Gasteiger partial charge in [-0.2, -0.15) is 30.0 Å². The van der Waals surface area contributed by atoms with E-state index in [4.69, 9.17) is 9.47 Å². The molecule has 0 aliphatic heterocycles. The average molecular weight is 675 g/mol. The van der Waals surface area contributed by atoms with Crippen LogP contribution in [0.4, 0.5) is 17.1 Å². The van der Waals surface area contributed by atoms with Gasteiger partial charge < -0.3 is 17.8 Å². The highest BCUT2D eigenvalue weighted by Crippen LogP contribution is 2.32. The van der Waals surface area contributed by atoms with Crippen molar-refractivity contribution >= 4 is 20.6 Å². The molecule has 46 heavy (non-hydrogen) atoms. The van der Waals surface area contributed by atoms with Crippen LogP contribution in [0.15, 0.2) is 127 Å². The van der Waals surface area contributed by atoms with Gasteiger partial charge >= 0.3 is 26.1 Å². The summed E-state index contributed by atoms with van der Waals surface area (Å²) in [5.74, 6) is 0.290. The van der Waals surface area contributed by atoms with E-state index in [9.17, 15) is 33.9 Å². The van der Waals surface area contributed by atoms with Crippen LogP contribution in [-0.4, -0.2) is 22.3 Å². The SMILES string of the molecule is O=S(=O)(F)Oc1ccc(-c2ccc(OC(Oc3ccc(-c4ccc(OS(=O)(=O)C(F)(F)F)cc4)cc3)c3ccccc3)cc2)cc1. The third kappa shape index (κ3) is 8.34. The molecule has 0 aromatic heterocycles. The lowest BCUT2D eigenvalue weighted by Gasteiger charge is -2.21. The fraction of sp³-hybridized carbons (Fsp3) is 0.0625. The molecule has 0 heterocycles. The van der Waals surface area contributed by atoms with Crippen LogP contribution < -0.4 is 17.8 Å². The summed E-state index contributed by atoms with van der Waals surface area (Å²) in [6, 6.07) is 33.9. The quantitative estimate of drug-likeness (QED) is 0.0457. The Morgan fingerprint density at radius 1 is 0.478 bits per heavy atom. The summed E-state index contributed by atoms with van der Waals surface area (Å²) in [5.41, 5.74) is -2.05. The third-order valence-electron chi connectivity index (χ3n) is 6.33. The van der Waals surface area contributed by atoms with Crippen LogP contribution in [0.2, 0.25) is 0 Å². The van der Waals surface area contributed by atoms with Gasteiger partial charge in [0.1, 0.15) is 23.0 Å². The molecule has 0 saturated heterocycles. The Bertz CT molecular complexity index is 1980. The minimum absolute atomic E-state index is 0.160. The van der Waals surface area contributed by atoms with Crippen LogP contribution in [0.5, 0.6) is 23.0 Å². The van der Waals surface area contributed by atoms with Crippen LogP contribution >= 0.6 is 0 Å². The highest BCUT2D eigenvalue weighted by molar-refractivity contribution is 7.88. The maximum absolute atomic E-state index is 12.8. The molecule has 1 atom stereocenters. The van der Waals surface area contributed by atoms with Crippen LogP contribution in [-0.2, 0) is 20.6 Å². The zero-order valence-electron chi connectivity index (χ0n) is 23.3. The molecule has 0 aliphatic rings. The maximum Gasteiger partial charge on any atom is 0.534 e. The first-order chi connectivity index (χ1) is 21.8. The average Bonchev–Trinajstić information content (AvgIpc) is 3.01. The van der Waals surface area contributed by atoms with Gasteiger partial charge in [-0.25, -0.2) is 0 Å².